The second kappa shape index (κ2) is 13.6. The lowest BCUT2D eigenvalue weighted by Crippen LogP contribution is -2.36. The van der Waals surface area contributed by atoms with Gasteiger partial charge in [0.15, 0.2) is 6.29 Å². The summed E-state index contributed by atoms with van der Waals surface area (Å²) in [5.41, 5.74) is 1.79. The van der Waals surface area contributed by atoms with Crippen molar-refractivity contribution >= 4 is 12.8 Å². The largest absolute Gasteiger partial charge is 0.483 e. The maximum atomic E-state index is 12.8. The van der Waals surface area contributed by atoms with Crippen molar-refractivity contribution in [2.24, 2.45) is 5.92 Å². The van der Waals surface area contributed by atoms with Crippen LogP contribution in [0.25, 0.3) is 0 Å². The Kier molecular flexibility index (Phi) is 11.3. The first-order valence-corrected chi connectivity index (χ1v) is 8.76. The molecule has 1 aliphatic rings. The Morgan fingerprint density at radius 1 is 1.30 bits per heavy atom. The van der Waals surface area contributed by atoms with E-state index in [9.17, 15) is 9.18 Å². The molecule has 0 unspecified atom stereocenters. The molecule has 7 nitrogen and oxygen atoms in total. The number of H-pyrrole nitrogens is 1. The predicted octanol–water partition coefficient (Wildman–Crippen LogP) is 2.18. The van der Waals surface area contributed by atoms with Crippen molar-refractivity contribution in [3.05, 3.63) is 53.6 Å². The van der Waals surface area contributed by atoms with Gasteiger partial charge in [0.1, 0.15) is 5.82 Å². The highest BCUT2D eigenvalue weighted by Gasteiger charge is 2.18. The molecule has 27 heavy (non-hydrogen) atoms. The van der Waals surface area contributed by atoms with Crippen LogP contribution >= 0.6 is 0 Å². The van der Waals surface area contributed by atoms with Crippen LogP contribution in [0.4, 0.5) is 4.39 Å². The zero-order valence-corrected chi connectivity index (χ0v) is 15.5. The lowest BCUT2D eigenvalue weighted by Gasteiger charge is -2.31. The van der Waals surface area contributed by atoms with E-state index in [2.05, 4.69) is 20.4 Å². The molecule has 0 saturated carbocycles. The van der Waals surface area contributed by atoms with Crippen LogP contribution in [0.2, 0.25) is 0 Å². The highest BCUT2D eigenvalue weighted by Crippen LogP contribution is 2.18. The molecule has 2 heterocycles. The van der Waals surface area contributed by atoms with Gasteiger partial charge in [0.25, 0.3) is 6.47 Å². The summed E-state index contributed by atoms with van der Waals surface area (Å²) in [6, 6.07) is 6.86. The fourth-order valence-electron chi connectivity index (χ4n) is 2.81. The van der Waals surface area contributed by atoms with Gasteiger partial charge < -0.3 is 10.4 Å². The summed E-state index contributed by atoms with van der Waals surface area (Å²) in [5.74, 6) is 0.672. The zero-order chi connectivity index (χ0) is 19.9. The number of rotatable bonds is 5. The smallest absolute Gasteiger partial charge is 0.290 e. The van der Waals surface area contributed by atoms with Crippen LogP contribution in [-0.4, -0.2) is 59.6 Å². The molecule has 0 atom stereocenters. The fourth-order valence-corrected chi connectivity index (χ4v) is 2.81. The quantitative estimate of drug-likeness (QED) is 0.690. The SMILES string of the molecule is CNCC1CCN(Cc2ccc(F)cc2)CC1.O=CO.O=Cc1cn[nH]c1. The maximum Gasteiger partial charge on any atom is 0.290 e. The average molecular weight is 378 g/mol. The number of nitrogens with zero attached hydrogens (tertiary/aromatic N) is 2. The molecule has 0 radical (unpaired) electrons. The number of benzene rings is 1. The van der Waals surface area contributed by atoms with Crippen LogP contribution < -0.4 is 5.32 Å². The van der Waals surface area contributed by atoms with Gasteiger partial charge in [0.2, 0.25) is 0 Å². The van der Waals surface area contributed by atoms with Crippen LogP contribution in [0, 0.1) is 11.7 Å². The van der Waals surface area contributed by atoms with E-state index in [0.717, 1.165) is 38.4 Å². The van der Waals surface area contributed by atoms with Gasteiger partial charge >= 0.3 is 0 Å². The lowest BCUT2D eigenvalue weighted by molar-refractivity contribution is -0.122. The summed E-state index contributed by atoms with van der Waals surface area (Å²) < 4.78 is 12.8. The van der Waals surface area contributed by atoms with Crippen LogP contribution in [0.5, 0.6) is 0 Å². The second-order valence-corrected chi connectivity index (χ2v) is 6.16. The fraction of sp³-hybridized carbons (Fsp3) is 0.421. The van der Waals surface area contributed by atoms with Gasteiger partial charge in [-0.25, -0.2) is 4.39 Å². The number of nitrogens with one attached hydrogen (secondary N) is 2. The summed E-state index contributed by atoms with van der Waals surface area (Å²) in [4.78, 5) is 20.6. The molecule has 3 N–H and O–H groups in total. The third-order valence-electron chi connectivity index (χ3n) is 4.17. The first-order chi connectivity index (χ1) is 13.1. The Balaban J connectivity index is 0.000000301. The number of aromatic nitrogens is 2. The maximum absolute atomic E-state index is 12.8. The highest BCUT2D eigenvalue weighted by atomic mass is 19.1. The number of halogens is 1. The van der Waals surface area contributed by atoms with E-state index < -0.39 is 0 Å². The standard InChI is InChI=1S/C14H21FN2.C4H4N2O.CH2O2/c1-16-10-12-6-8-17(9-7-12)11-13-2-4-14(15)5-3-13;7-3-4-1-5-6-2-4;2-1-3/h2-5,12,16H,6-11H2,1H3;1-3H,(H,5,6);1H,(H,2,3). The molecule has 1 aromatic heterocycles. The molecular weight excluding hydrogens is 351 g/mol. The van der Waals surface area contributed by atoms with Gasteiger partial charge in [-0.15, -0.1) is 0 Å². The summed E-state index contributed by atoms with van der Waals surface area (Å²) >= 11 is 0. The molecule has 2 aromatic rings. The van der Waals surface area contributed by atoms with E-state index in [1.165, 1.54) is 30.8 Å². The number of carbonyl (C=O) groups excluding carboxylic acids is 1. The molecule has 1 fully saturated rings. The van der Waals surface area contributed by atoms with Crippen molar-refractivity contribution in [3.8, 4) is 0 Å². The van der Waals surface area contributed by atoms with E-state index in [0.29, 0.717) is 5.56 Å². The van der Waals surface area contributed by atoms with Gasteiger partial charge in [0.05, 0.1) is 11.8 Å². The molecule has 8 heteroatoms. The molecule has 1 saturated heterocycles. The first-order valence-electron chi connectivity index (χ1n) is 8.76. The van der Waals surface area contributed by atoms with Crippen molar-refractivity contribution in [3.63, 3.8) is 0 Å². The molecule has 1 aliphatic heterocycles. The molecule has 1 aromatic carbocycles. The highest BCUT2D eigenvalue weighted by molar-refractivity contribution is 5.73. The molecule has 0 bridgehead atoms. The number of aldehydes is 1. The van der Waals surface area contributed by atoms with Crippen LogP contribution in [0.15, 0.2) is 36.7 Å². The minimum Gasteiger partial charge on any atom is -0.483 e. The summed E-state index contributed by atoms with van der Waals surface area (Å²) in [6.45, 7) is 4.14. The van der Waals surface area contributed by atoms with Gasteiger partial charge in [-0.05, 0) is 63.1 Å². The Hall–Kier alpha value is -2.58. The summed E-state index contributed by atoms with van der Waals surface area (Å²) in [6.07, 6.45) is 6.27. The van der Waals surface area contributed by atoms with E-state index in [1.54, 1.807) is 12.1 Å². The number of carboxylic acid groups (broad SMARTS) is 1. The van der Waals surface area contributed by atoms with E-state index >= 15 is 0 Å². The molecule has 0 amide bonds. The van der Waals surface area contributed by atoms with Gasteiger partial charge in [0, 0.05) is 12.7 Å². The third-order valence-corrected chi connectivity index (χ3v) is 4.17. The van der Waals surface area contributed by atoms with Crippen molar-refractivity contribution in [1.29, 1.82) is 0 Å². The number of aromatic amines is 1. The monoisotopic (exact) mass is 378 g/mol. The molecule has 0 spiro atoms. The van der Waals surface area contributed by atoms with E-state index in [4.69, 9.17) is 9.90 Å². The van der Waals surface area contributed by atoms with Crippen molar-refractivity contribution < 1.29 is 19.1 Å². The normalized spacial score (nSPS) is 14.3. The zero-order valence-electron chi connectivity index (χ0n) is 15.5. The number of hydrogen-bond donors (Lipinski definition) is 3. The minimum atomic E-state index is -0.250. The van der Waals surface area contributed by atoms with Crippen LogP contribution in [0.1, 0.15) is 28.8 Å². The van der Waals surface area contributed by atoms with E-state index in [-0.39, 0.29) is 12.3 Å². The lowest BCUT2D eigenvalue weighted by atomic mass is 9.96. The molecule has 148 valence electrons. The Morgan fingerprint density at radius 2 is 1.93 bits per heavy atom. The van der Waals surface area contributed by atoms with Crippen molar-refractivity contribution in [2.45, 2.75) is 19.4 Å². The van der Waals surface area contributed by atoms with Gasteiger partial charge in [-0.1, -0.05) is 12.1 Å². The van der Waals surface area contributed by atoms with E-state index in [1.807, 2.05) is 19.2 Å². The van der Waals surface area contributed by atoms with Gasteiger partial charge in [-0.3, -0.25) is 19.6 Å². The third kappa shape index (κ3) is 9.62. The second-order valence-electron chi connectivity index (χ2n) is 6.16. The molecular formula is C19H27FN4O3. The van der Waals surface area contributed by atoms with Crippen molar-refractivity contribution in [2.75, 3.05) is 26.7 Å². The first kappa shape index (κ1) is 22.5. The molecule has 3 rings (SSSR count). The van der Waals surface area contributed by atoms with Crippen LogP contribution in [-0.2, 0) is 11.3 Å². The Morgan fingerprint density at radius 3 is 2.37 bits per heavy atom. The Bertz CT molecular complexity index is 627. The number of hydrogen-bond acceptors (Lipinski definition) is 5. The Labute approximate surface area is 158 Å². The summed E-state index contributed by atoms with van der Waals surface area (Å²) in [7, 11) is 2.02. The predicted molar refractivity (Wildman–Crippen MR) is 101 cm³/mol. The van der Waals surface area contributed by atoms with Gasteiger partial charge in [-0.2, -0.15) is 5.10 Å². The molecule has 0 aliphatic carbocycles. The minimum absolute atomic E-state index is 0.151. The topological polar surface area (TPSA) is 98.3 Å². The van der Waals surface area contributed by atoms with Crippen LogP contribution in [0.3, 0.4) is 0 Å². The van der Waals surface area contributed by atoms with Crippen molar-refractivity contribution in [1.82, 2.24) is 20.4 Å². The summed E-state index contributed by atoms with van der Waals surface area (Å²) in [5, 5.41) is 16.2. The number of piperidine rings is 1. The number of carbonyl (C=O) groups is 2. The number of likely N-dealkylation sites (tertiary alicyclic amines) is 1. The average Bonchev–Trinajstić information content (AvgIpc) is 3.21.